The van der Waals surface area contributed by atoms with Crippen molar-refractivity contribution in [3.8, 4) is 22.8 Å². The molecule has 2 aromatic rings. The van der Waals surface area contributed by atoms with Crippen LogP contribution in [0.3, 0.4) is 0 Å². The molecular formula is C21H29N3O2S. The van der Waals surface area contributed by atoms with Gasteiger partial charge in [0.05, 0.1) is 19.9 Å². The smallest absolute Gasteiger partial charge is 0.206 e. The van der Waals surface area contributed by atoms with Gasteiger partial charge in [-0.3, -0.25) is 4.99 Å². The maximum absolute atomic E-state index is 5.61. The first kappa shape index (κ1) is 19.7. The normalized spacial score (nSPS) is 16.0. The van der Waals surface area contributed by atoms with Gasteiger partial charge >= 0.3 is 0 Å². The van der Waals surface area contributed by atoms with Crippen molar-refractivity contribution >= 4 is 17.0 Å². The van der Waals surface area contributed by atoms with Crippen molar-refractivity contribution in [3.63, 3.8) is 0 Å². The zero-order valence-corrected chi connectivity index (χ0v) is 17.3. The van der Waals surface area contributed by atoms with Gasteiger partial charge in [-0.05, 0) is 50.8 Å². The molecule has 1 saturated carbocycles. The van der Waals surface area contributed by atoms with E-state index in [0.717, 1.165) is 46.9 Å². The third-order valence-electron chi connectivity index (χ3n) is 4.83. The van der Waals surface area contributed by atoms with Crippen molar-refractivity contribution in [2.45, 2.75) is 51.9 Å². The number of nitrogens with zero attached hydrogens (tertiary/aromatic N) is 3. The second-order valence-electron chi connectivity index (χ2n) is 6.69. The molecule has 0 unspecified atom stereocenters. The van der Waals surface area contributed by atoms with Crippen molar-refractivity contribution in [2.75, 3.05) is 20.8 Å². The van der Waals surface area contributed by atoms with E-state index in [2.05, 4.69) is 17.3 Å². The first-order valence-electron chi connectivity index (χ1n) is 9.77. The molecule has 0 aliphatic heterocycles. The van der Waals surface area contributed by atoms with Gasteiger partial charge in [-0.15, -0.1) is 11.3 Å². The molecule has 0 spiro atoms. The van der Waals surface area contributed by atoms with Crippen LogP contribution in [0.25, 0.3) is 11.3 Å². The Bertz CT molecular complexity index is 841. The summed E-state index contributed by atoms with van der Waals surface area (Å²) < 4.78 is 13.0. The number of thiazole rings is 1. The van der Waals surface area contributed by atoms with Gasteiger partial charge in [0.2, 0.25) is 4.80 Å². The van der Waals surface area contributed by atoms with Crippen LogP contribution in [-0.4, -0.2) is 31.2 Å². The Morgan fingerprint density at radius 1 is 1.04 bits per heavy atom. The minimum absolute atomic E-state index is 0.736. The Morgan fingerprint density at radius 3 is 2.44 bits per heavy atom. The summed E-state index contributed by atoms with van der Waals surface area (Å²) >= 11 is 1.62. The molecule has 6 heteroatoms. The summed E-state index contributed by atoms with van der Waals surface area (Å²) in [7, 11) is 3.37. The number of rotatable bonds is 5. The van der Waals surface area contributed by atoms with E-state index in [1.165, 1.54) is 37.8 Å². The van der Waals surface area contributed by atoms with E-state index in [9.17, 15) is 0 Å². The molecule has 1 aromatic carbocycles. The van der Waals surface area contributed by atoms with Crippen LogP contribution in [0.5, 0.6) is 11.5 Å². The molecule has 0 amide bonds. The molecular weight excluding hydrogens is 358 g/mol. The van der Waals surface area contributed by atoms with Crippen LogP contribution in [0.15, 0.2) is 33.7 Å². The Labute approximate surface area is 165 Å². The minimum atomic E-state index is 0.736. The molecule has 1 aliphatic carbocycles. The Hall–Kier alpha value is -2.08. The fourth-order valence-corrected chi connectivity index (χ4v) is 4.28. The topological polar surface area (TPSA) is 48.1 Å². The number of methoxy groups -OCH3 is 2. The Morgan fingerprint density at radius 2 is 1.78 bits per heavy atom. The molecule has 0 radical (unpaired) electrons. The van der Waals surface area contributed by atoms with Crippen molar-refractivity contribution in [1.29, 1.82) is 0 Å². The van der Waals surface area contributed by atoms with Crippen LogP contribution in [0, 0.1) is 0 Å². The van der Waals surface area contributed by atoms with E-state index in [4.69, 9.17) is 14.6 Å². The maximum atomic E-state index is 5.61. The average Bonchev–Trinajstić information content (AvgIpc) is 3.05. The van der Waals surface area contributed by atoms with E-state index in [0.29, 0.717) is 0 Å². The third-order valence-corrected chi connectivity index (χ3v) is 5.69. The lowest BCUT2D eigenvalue weighted by Crippen LogP contribution is -2.16. The van der Waals surface area contributed by atoms with Crippen LogP contribution >= 0.6 is 11.3 Å². The first-order valence-corrected chi connectivity index (χ1v) is 10.6. The highest BCUT2D eigenvalue weighted by Crippen LogP contribution is 2.34. The van der Waals surface area contributed by atoms with Gasteiger partial charge in [0.15, 0.2) is 0 Å². The molecule has 146 valence electrons. The lowest BCUT2D eigenvalue weighted by atomic mass is 9.99. The summed E-state index contributed by atoms with van der Waals surface area (Å²) in [4.78, 5) is 5.58. The molecule has 0 atom stereocenters. The highest BCUT2D eigenvalue weighted by Gasteiger charge is 2.15. The van der Waals surface area contributed by atoms with Crippen molar-refractivity contribution in [2.24, 2.45) is 10.1 Å². The highest BCUT2D eigenvalue weighted by molar-refractivity contribution is 7.07. The average molecular weight is 388 g/mol. The molecule has 27 heavy (non-hydrogen) atoms. The van der Waals surface area contributed by atoms with E-state index >= 15 is 0 Å². The molecule has 3 rings (SSSR count). The van der Waals surface area contributed by atoms with Crippen molar-refractivity contribution in [3.05, 3.63) is 28.4 Å². The predicted molar refractivity (Wildman–Crippen MR) is 112 cm³/mol. The van der Waals surface area contributed by atoms with Crippen molar-refractivity contribution in [1.82, 2.24) is 4.68 Å². The Balaban J connectivity index is 2.11. The molecule has 0 N–H and O–H groups in total. The summed E-state index contributed by atoms with van der Waals surface area (Å²) in [5.41, 5.74) is 3.24. The van der Waals surface area contributed by atoms with E-state index in [1.54, 1.807) is 25.6 Å². The zero-order valence-electron chi connectivity index (χ0n) is 16.5. The molecule has 1 aliphatic rings. The summed E-state index contributed by atoms with van der Waals surface area (Å²) in [6.07, 6.45) is 8.54. The lowest BCUT2D eigenvalue weighted by Gasteiger charge is -2.14. The number of benzene rings is 1. The van der Waals surface area contributed by atoms with Crippen LogP contribution in [0.4, 0.5) is 0 Å². The molecule has 5 nitrogen and oxygen atoms in total. The van der Waals surface area contributed by atoms with Gasteiger partial charge in [-0.1, -0.05) is 19.3 Å². The summed E-state index contributed by atoms with van der Waals surface area (Å²) in [6.45, 7) is 2.79. The fourth-order valence-electron chi connectivity index (χ4n) is 3.39. The fraction of sp³-hybridized carbons (Fsp3) is 0.524. The van der Waals surface area contributed by atoms with Gasteiger partial charge < -0.3 is 9.47 Å². The largest absolute Gasteiger partial charge is 0.497 e. The van der Waals surface area contributed by atoms with Crippen LogP contribution in [-0.2, 0) is 0 Å². The van der Waals surface area contributed by atoms with Crippen LogP contribution < -0.4 is 14.3 Å². The van der Waals surface area contributed by atoms with E-state index in [1.807, 2.05) is 22.9 Å². The number of aromatic nitrogens is 1. The lowest BCUT2D eigenvalue weighted by molar-refractivity contribution is 0.404. The van der Waals surface area contributed by atoms with Crippen LogP contribution in [0.1, 0.15) is 51.9 Å². The summed E-state index contributed by atoms with van der Waals surface area (Å²) in [6, 6.07) is 5.86. The Kier molecular flexibility index (Phi) is 7.10. The van der Waals surface area contributed by atoms with E-state index < -0.39 is 0 Å². The maximum Gasteiger partial charge on any atom is 0.206 e. The molecule has 1 aromatic heterocycles. The molecule has 1 fully saturated rings. The first-order chi connectivity index (χ1) is 13.3. The number of hydrogen-bond acceptors (Lipinski definition) is 5. The standard InChI is InChI=1S/C21H29N3O2S/c1-4-22-21-24(23-16-10-8-6-5-7-9-11-16)19(15-27-21)18-14-17(25-2)12-13-20(18)26-3/h12-15H,4-11H2,1-3H3. The summed E-state index contributed by atoms with van der Waals surface area (Å²) in [5.74, 6) is 1.61. The molecule has 1 heterocycles. The van der Waals surface area contributed by atoms with E-state index in [-0.39, 0.29) is 0 Å². The number of ether oxygens (including phenoxy) is 2. The summed E-state index contributed by atoms with van der Waals surface area (Å²) in [5, 5.41) is 7.17. The van der Waals surface area contributed by atoms with Gasteiger partial charge in [-0.25, -0.2) is 4.68 Å². The van der Waals surface area contributed by atoms with Gasteiger partial charge in [0.25, 0.3) is 0 Å². The highest BCUT2D eigenvalue weighted by atomic mass is 32.1. The number of hydrogen-bond donors (Lipinski definition) is 0. The third kappa shape index (κ3) is 4.80. The zero-order chi connectivity index (χ0) is 19.1. The monoisotopic (exact) mass is 387 g/mol. The van der Waals surface area contributed by atoms with Crippen LogP contribution in [0.2, 0.25) is 0 Å². The second kappa shape index (κ2) is 9.74. The quantitative estimate of drug-likeness (QED) is 0.716. The minimum Gasteiger partial charge on any atom is -0.497 e. The SMILES string of the molecule is CCN=c1scc(-c2cc(OC)ccc2OC)n1N=C1CCCCCCC1. The molecule has 0 saturated heterocycles. The second-order valence-corrected chi connectivity index (χ2v) is 7.53. The molecule has 0 bridgehead atoms. The van der Waals surface area contributed by atoms with Crippen molar-refractivity contribution < 1.29 is 9.47 Å². The predicted octanol–water partition coefficient (Wildman–Crippen LogP) is 5.10. The van der Waals surface area contributed by atoms with Gasteiger partial charge in [0.1, 0.15) is 11.5 Å². The van der Waals surface area contributed by atoms with Gasteiger partial charge in [-0.2, -0.15) is 5.10 Å². The van der Waals surface area contributed by atoms with Gasteiger partial charge in [0, 0.05) is 23.2 Å².